The molecule has 7 nitrogen and oxygen atoms in total. The first kappa shape index (κ1) is 24.5. The molecule has 6 rings (SSSR count). The Morgan fingerprint density at radius 1 is 1.08 bits per heavy atom. The van der Waals surface area contributed by atoms with Crippen molar-refractivity contribution >= 4 is 51.6 Å². The number of hydrogen-bond donors (Lipinski definition) is 2. The van der Waals surface area contributed by atoms with Crippen LogP contribution in [0.3, 0.4) is 0 Å². The first-order valence-corrected chi connectivity index (χ1v) is 13.5. The van der Waals surface area contributed by atoms with Gasteiger partial charge in [-0.25, -0.2) is 0 Å². The molecule has 3 aromatic rings. The lowest BCUT2D eigenvalue weighted by atomic mass is 9.90. The Morgan fingerprint density at radius 3 is 2.68 bits per heavy atom. The number of hydrogen-bond acceptors (Lipinski definition) is 5. The highest BCUT2D eigenvalue weighted by molar-refractivity contribution is 6.36. The van der Waals surface area contributed by atoms with E-state index < -0.39 is 5.60 Å². The smallest absolute Gasteiger partial charge is 0.257 e. The molecule has 0 spiro atoms. The Labute approximate surface area is 225 Å². The van der Waals surface area contributed by atoms with E-state index in [9.17, 15) is 14.7 Å². The van der Waals surface area contributed by atoms with E-state index in [0.717, 1.165) is 52.9 Å². The fraction of sp³-hybridized carbons (Fsp3) is 0.393. The fourth-order valence-corrected chi connectivity index (χ4v) is 6.26. The van der Waals surface area contributed by atoms with Gasteiger partial charge < -0.3 is 20.2 Å². The van der Waals surface area contributed by atoms with Gasteiger partial charge in [0, 0.05) is 40.4 Å². The Balaban J connectivity index is 1.13. The number of carbonyl (C=O) groups is 2. The average Bonchev–Trinajstić information content (AvgIpc) is 2.90. The van der Waals surface area contributed by atoms with Crippen LogP contribution in [-0.2, 0) is 12.8 Å². The summed E-state index contributed by atoms with van der Waals surface area (Å²) in [6.45, 7) is 1.32. The molecule has 2 aliphatic heterocycles. The molecule has 0 atom stereocenters. The molecule has 192 valence electrons. The predicted molar refractivity (Wildman–Crippen MR) is 144 cm³/mol. The topological polar surface area (TPSA) is 85.8 Å². The van der Waals surface area contributed by atoms with Crippen molar-refractivity contribution in [2.75, 3.05) is 31.6 Å². The normalized spacial score (nSPS) is 18.8. The van der Waals surface area contributed by atoms with Crippen LogP contribution in [0.25, 0.3) is 10.9 Å². The third-order valence-electron chi connectivity index (χ3n) is 7.87. The molecule has 1 fully saturated rings. The van der Waals surface area contributed by atoms with Crippen LogP contribution in [0.5, 0.6) is 0 Å². The van der Waals surface area contributed by atoms with Crippen LogP contribution in [0, 0.1) is 0 Å². The van der Waals surface area contributed by atoms with Crippen molar-refractivity contribution < 1.29 is 14.7 Å². The van der Waals surface area contributed by atoms with Gasteiger partial charge in [-0.15, -0.1) is 0 Å². The lowest BCUT2D eigenvalue weighted by Gasteiger charge is -2.42. The minimum atomic E-state index is -1.06. The van der Waals surface area contributed by atoms with E-state index in [1.54, 1.807) is 28.0 Å². The first-order chi connectivity index (χ1) is 17.8. The number of nitrogens with one attached hydrogen (secondary N) is 1. The van der Waals surface area contributed by atoms with Gasteiger partial charge in [0.05, 0.1) is 34.9 Å². The van der Waals surface area contributed by atoms with E-state index >= 15 is 0 Å². The van der Waals surface area contributed by atoms with E-state index in [2.05, 4.69) is 5.32 Å². The molecule has 0 radical (unpaired) electrons. The number of fused-ring (bicyclic) bond motifs is 3. The summed E-state index contributed by atoms with van der Waals surface area (Å²) in [4.78, 5) is 34.5. The zero-order chi connectivity index (χ0) is 25.7. The zero-order valence-corrected chi connectivity index (χ0v) is 21.9. The van der Waals surface area contributed by atoms with Gasteiger partial charge in [-0.05, 0) is 74.4 Å². The van der Waals surface area contributed by atoms with Crippen LogP contribution >= 0.6 is 23.2 Å². The van der Waals surface area contributed by atoms with Crippen molar-refractivity contribution in [1.82, 2.24) is 14.8 Å². The van der Waals surface area contributed by atoms with Gasteiger partial charge >= 0.3 is 0 Å². The van der Waals surface area contributed by atoms with Gasteiger partial charge in [-0.2, -0.15) is 0 Å². The number of nitrogens with zero attached hydrogens (tertiary/aromatic N) is 3. The number of carbonyl (C=O) groups excluding carboxylic acids is 2. The molecule has 2 N–H and O–H groups in total. The van der Waals surface area contributed by atoms with Crippen molar-refractivity contribution in [1.29, 1.82) is 0 Å². The second kappa shape index (κ2) is 9.46. The maximum atomic E-state index is 13.3. The van der Waals surface area contributed by atoms with Crippen LogP contribution in [0.15, 0.2) is 36.4 Å². The van der Waals surface area contributed by atoms with E-state index in [4.69, 9.17) is 28.2 Å². The second-order valence-corrected chi connectivity index (χ2v) is 11.1. The molecular formula is C28H28Cl2N4O3. The predicted octanol–water partition coefficient (Wildman–Crippen LogP) is 4.91. The largest absolute Gasteiger partial charge is 0.388 e. The number of aromatic nitrogens is 1. The molecule has 2 aromatic carbocycles. The van der Waals surface area contributed by atoms with Crippen molar-refractivity contribution in [3.8, 4) is 0 Å². The summed E-state index contributed by atoms with van der Waals surface area (Å²) in [5.41, 5.74) is 3.69. The van der Waals surface area contributed by atoms with Gasteiger partial charge in [-0.3, -0.25) is 14.6 Å². The lowest BCUT2D eigenvalue weighted by molar-refractivity contribution is -0.0359. The molecule has 1 aromatic heterocycles. The number of piperidine rings is 1. The van der Waals surface area contributed by atoms with E-state index in [-0.39, 0.29) is 18.4 Å². The third kappa shape index (κ3) is 4.54. The lowest BCUT2D eigenvalue weighted by Crippen LogP contribution is -2.54. The molecule has 1 saturated heterocycles. The number of likely N-dealkylation sites (tertiary alicyclic amines) is 1. The number of anilines is 1. The van der Waals surface area contributed by atoms with E-state index in [0.29, 0.717) is 54.4 Å². The maximum Gasteiger partial charge on any atom is 0.257 e. The van der Waals surface area contributed by atoms with Gasteiger partial charge in [-0.1, -0.05) is 29.3 Å². The molecule has 3 heterocycles. The van der Waals surface area contributed by atoms with Gasteiger partial charge in [0.15, 0.2) is 0 Å². The summed E-state index contributed by atoms with van der Waals surface area (Å²) in [6, 6.07) is 10.7. The summed E-state index contributed by atoms with van der Waals surface area (Å²) in [5, 5.41) is 16.7. The van der Waals surface area contributed by atoms with Crippen LogP contribution in [0.1, 0.15) is 57.7 Å². The number of aryl methyl sites for hydroxylation is 1. The number of β-amino-alcohol motifs (C(OH)–C–C–N with tert-alkyl or cyclic N) is 1. The molecular weight excluding hydrogens is 511 g/mol. The quantitative estimate of drug-likeness (QED) is 0.494. The van der Waals surface area contributed by atoms with Crippen molar-refractivity contribution in [3.63, 3.8) is 0 Å². The molecule has 0 saturated carbocycles. The van der Waals surface area contributed by atoms with Crippen molar-refractivity contribution in [2.24, 2.45) is 0 Å². The monoisotopic (exact) mass is 538 g/mol. The summed E-state index contributed by atoms with van der Waals surface area (Å²) in [7, 11) is 0. The highest BCUT2D eigenvalue weighted by Gasteiger charge is 2.38. The third-order valence-corrected chi connectivity index (χ3v) is 8.53. The minimum Gasteiger partial charge on any atom is -0.388 e. The minimum absolute atomic E-state index is 0.0823. The molecule has 0 unspecified atom stereocenters. The van der Waals surface area contributed by atoms with Crippen LogP contribution in [-0.4, -0.2) is 63.6 Å². The van der Waals surface area contributed by atoms with Crippen LogP contribution in [0.4, 0.5) is 5.69 Å². The van der Waals surface area contributed by atoms with E-state index in [1.165, 1.54) is 0 Å². The number of halogens is 2. The first-order valence-electron chi connectivity index (χ1n) is 12.8. The zero-order valence-electron chi connectivity index (χ0n) is 20.4. The highest BCUT2D eigenvalue weighted by Crippen LogP contribution is 2.34. The SMILES string of the molecule is O=C(c1ccc2c(Cl)c3c(nc2c1)CCCC3)N1CCC(O)(CN2CNc3cc(Cl)ccc3C2=O)CC1. The summed E-state index contributed by atoms with van der Waals surface area (Å²) < 4.78 is 0. The maximum absolute atomic E-state index is 13.3. The van der Waals surface area contributed by atoms with Gasteiger partial charge in [0.1, 0.15) is 0 Å². The number of rotatable bonds is 3. The second-order valence-electron chi connectivity index (χ2n) is 10.3. The molecule has 3 aliphatic rings. The number of benzene rings is 2. The van der Waals surface area contributed by atoms with Gasteiger partial charge in [0.2, 0.25) is 0 Å². The van der Waals surface area contributed by atoms with Crippen LogP contribution < -0.4 is 5.32 Å². The van der Waals surface area contributed by atoms with Crippen molar-refractivity contribution in [2.45, 2.75) is 44.1 Å². The Kier molecular flexibility index (Phi) is 6.25. The standard InChI is InChI=1S/C28H28Cl2N4O3/c29-18-6-8-21-23(14-18)31-16-34(27(21)36)15-28(37)9-11-33(12-10-28)26(35)17-5-7-20-24(13-17)32-22-4-2-1-3-19(22)25(20)30/h5-8,13-14,31,37H,1-4,9-12,15-16H2. The number of pyridine rings is 1. The molecule has 9 heteroatoms. The molecule has 37 heavy (non-hydrogen) atoms. The summed E-state index contributed by atoms with van der Waals surface area (Å²) in [6.07, 6.45) is 4.89. The number of aliphatic hydroxyl groups is 1. The molecule has 1 aliphatic carbocycles. The Hall–Kier alpha value is -2.87. The van der Waals surface area contributed by atoms with Gasteiger partial charge in [0.25, 0.3) is 11.8 Å². The van der Waals surface area contributed by atoms with Crippen molar-refractivity contribution in [3.05, 3.63) is 68.8 Å². The molecule has 2 amide bonds. The summed E-state index contributed by atoms with van der Waals surface area (Å²) in [5.74, 6) is -0.219. The molecule has 0 bridgehead atoms. The summed E-state index contributed by atoms with van der Waals surface area (Å²) >= 11 is 12.7. The van der Waals surface area contributed by atoms with Crippen LogP contribution in [0.2, 0.25) is 10.0 Å². The Morgan fingerprint density at radius 2 is 1.86 bits per heavy atom. The Bertz CT molecular complexity index is 1420. The highest BCUT2D eigenvalue weighted by atomic mass is 35.5. The fourth-order valence-electron chi connectivity index (χ4n) is 5.72. The average molecular weight is 539 g/mol. The van der Waals surface area contributed by atoms with E-state index in [1.807, 2.05) is 18.2 Å². The number of amides is 2.